The second-order valence-corrected chi connectivity index (χ2v) is 3.35. The first-order valence-electron chi connectivity index (χ1n) is 3.94. The predicted octanol–water partition coefficient (Wildman–Crippen LogP) is 0.711. The number of hydrogen-bond donors (Lipinski definition) is 1. The van der Waals surface area contributed by atoms with Crippen molar-refractivity contribution >= 4 is 5.97 Å². The van der Waals surface area contributed by atoms with Crippen LogP contribution in [0.15, 0.2) is 0 Å². The molecule has 64 valence electrons. The van der Waals surface area contributed by atoms with Gasteiger partial charge in [-0.15, -0.1) is 0 Å². The van der Waals surface area contributed by atoms with E-state index in [4.69, 9.17) is 4.74 Å². The zero-order valence-electron chi connectivity index (χ0n) is 6.96. The molecule has 1 aliphatic rings. The van der Waals surface area contributed by atoms with Crippen molar-refractivity contribution in [2.45, 2.75) is 32.3 Å². The number of aliphatic hydroxyl groups is 1. The van der Waals surface area contributed by atoms with Crippen LogP contribution in [0, 0.1) is 5.92 Å². The molecule has 0 heterocycles. The number of rotatable bonds is 2. The molecule has 0 atom stereocenters. The van der Waals surface area contributed by atoms with Crippen molar-refractivity contribution in [3.05, 3.63) is 0 Å². The zero-order valence-corrected chi connectivity index (χ0v) is 6.96. The van der Waals surface area contributed by atoms with E-state index in [0.717, 1.165) is 0 Å². The van der Waals surface area contributed by atoms with Gasteiger partial charge in [0.1, 0.15) is 0 Å². The molecule has 1 fully saturated rings. The number of carbonyl (C=O) groups excluding carboxylic acids is 1. The van der Waals surface area contributed by atoms with Gasteiger partial charge >= 0.3 is 5.97 Å². The molecule has 0 radical (unpaired) electrons. The standard InChI is InChI=1S/C8H14O3/c1-3-11-7(9)6-4-8(2,10)5-6/h6,10H,3-5H2,1-2H3. The lowest BCUT2D eigenvalue weighted by atomic mass is 9.72. The maximum atomic E-state index is 11.0. The SMILES string of the molecule is CCOC(=O)C1CC(C)(O)C1. The number of carbonyl (C=O) groups is 1. The summed E-state index contributed by atoms with van der Waals surface area (Å²) >= 11 is 0. The Labute approximate surface area is 66.4 Å². The molecule has 0 unspecified atom stereocenters. The molecule has 1 rings (SSSR count). The van der Waals surface area contributed by atoms with Crippen molar-refractivity contribution in [3.63, 3.8) is 0 Å². The summed E-state index contributed by atoms with van der Waals surface area (Å²) in [5.74, 6) is -0.232. The molecule has 0 bridgehead atoms. The average molecular weight is 158 g/mol. The van der Waals surface area contributed by atoms with E-state index in [-0.39, 0.29) is 11.9 Å². The first-order chi connectivity index (χ1) is 5.05. The molecule has 1 N–H and O–H groups in total. The number of ether oxygens (including phenoxy) is 1. The van der Waals surface area contributed by atoms with Gasteiger partial charge in [-0.1, -0.05) is 0 Å². The van der Waals surface area contributed by atoms with Crippen LogP contribution in [0.5, 0.6) is 0 Å². The van der Waals surface area contributed by atoms with E-state index < -0.39 is 5.60 Å². The maximum absolute atomic E-state index is 11.0. The fourth-order valence-corrected chi connectivity index (χ4v) is 1.43. The molecule has 11 heavy (non-hydrogen) atoms. The summed E-state index contributed by atoms with van der Waals surface area (Å²) in [5, 5.41) is 9.29. The number of hydrogen-bond acceptors (Lipinski definition) is 3. The number of esters is 1. The molecule has 0 aromatic rings. The van der Waals surface area contributed by atoms with E-state index in [1.54, 1.807) is 13.8 Å². The zero-order chi connectivity index (χ0) is 8.48. The molecule has 0 aromatic heterocycles. The largest absolute Gasteiger partial charge is 0.466 e. The minimum atomic E-state index is -0.628. The lowest BCUT2D eigenvalue weighted by Gasteiger charge is -2.38. The van der Waals surface area contributed by atoms with Crippen molar-refractivity contribution in [2.24, 2.45) is 5.92 Å². The van der Waals surface area contributed by atoms with Crippen LogP contribution in [0.2, 0.25) is 0 Å². The second kappa shape index (κ2) is 2.81. The third-order valence-electron chi connectivity index (χ3n) is 1.99. The van der Waals surface area contributed by atoms with Gasteiger partial charge < -0.3 is 9.84 Å². The van der Waals surface area contributed by atoms with Crippen molar-refractivity contribution in [1.82, 2.24) is 0 Å². The van der Waals surface area contributed by atoms with Crippen LogP contribution in [0.25, 0.3) is 0 Å². The van der Waals surface area contributed by atoms with Crippen molar-refractivity contribution in [3.8, 4) is 0 Å². The quantitative estimate of drug-likeness (QED) is 0.602. The summed E-state index contributed by atoms with van der Waals surface area (Å²) in [6, 6.07) is 0. The van der Waals surface area contributed by atoms with Gasteiger partial charge in [0.05, 0.1) is 18.1 Å². The van der Waals surface area contributed by atoms with Crippen molar-refractivity contribution in [1.29, 1.82) is 0 Å². The first-order valence-corrected chi connectivity index (χ1v) is 3.94. The Morgan fingerprint density at radius 2 is 2.27 bits per heavy atom. The van der Waals surface area contributed by atoms with E-state index >= 15 is 0 Å². The minimum Gasteiger partial charge on any atom is -0.466 e. The van der Waals surface area contributed by atoms with Crippen molar-refractivity contribution in [2.75, 3.05) is 6.61 Å². The van der Waals surface area contributed by atoms with Gasteiger partial charge in [0.15, 0.2) is 0 Å². The van der Waals surface area contributed by atoms with Crippen molar-refractivity contribution < 1.29 is 14.6 Å². The van der Waals surface area contributed by atoms with E-state index in [1.165, 1.54) is 0 Å². The van der Waals surface area contributed by atoms with Crippen LogP contribution >= 0.6 is 0 Å². The highest BCUT2D eigenvalue weighted by Gasteiger charge is 2.43. The Balaban J connectivity index is 2.27. The van der Waals surface area contributed by atoms with Gasteiger partial charge in [-0.25, -0.2) is 0 Å². The van der Waals surface area contributed by atoms with E-state index in [1.807, 2.05) is 0 Å². The minimum absolute atomic E-state index is 0.0649. The lowest BCUT2D eigenvalue weighted by Crippen LogP contribution is -2.44. The molecular weight excluding hydrogens is 144 g/mol. The molecular formula is C8H14O3. The maximum Gasteiger partial charge on any atom is 0.309 e. The van der Waals surface area contributed by atoms with Crippen LogP contribution in [-0.4, -0.2) is 23.3 Å². The Bertz CT molecular complexity index is 155. The smallest absolute Gasteiger partial charge is 0.309 e. The molecule has 3 nitrogen and oxygen atoms in total. The van der Waals surface area contributed by atoms with E-state index in [0.29, 0.717) is 19.4 Å². The fraction of sp³-hybridized carbons (Fsp3) is 0.875. The molecule has 1 aliphatic carbocycles. The Kier molecular flexibility index (Phi) is 2.18. The Morgan fingerprint density at radius 3 is 2.64 bits per heavy atom. The normalized spacial score (nSPS) is 36.1. The van der Waals surface area contributed by atoms with Gasteiger partial charge in [0.2, 0.25) is 0 Å². The van der Waals surface area contributed by atoms with Gasteiger partial charge in [-0.05, 0) is 26.7 Å². The Morgan fingerprint density at radius 1 is 1.73 bits per heavy atom. The molecule has 0 saturated heterocycles. The van der Waals surface area contributed by atoms with Crippen LogP contribution in [-0.2, 0) is 9.53 Å². The molecule has 0 aliphatic heterocycles. The molecule has 0 amide bonds. The summed E-state index contributed by atoms with van der Waals surface area (Å²) < 4.78 is 4.79. The van der Waals surface area contributed by atoms with Crippen LogP contribution in [0.4, 0.5) is 0 Å². The molecule has 3 heteroatoms. The van der Waals surface area contributed by atoms with Crippen LogP contribution in [0.1, 0.15) is 26.7 Å². The first kappa shape index (κ1) is 8.53. The van der Waals surface area contributed by atoms with Crippen LogP contribution in [0.3, 0.4) is 0 Å². The fourth-order valence-electron chi connectivity index (χ4n) is 1.43. The summed E-state index contributed by atoms with van der Waals surface area (Å²) in [7, 11) is 0. The summed E-state index contributed by atoms with van der Waals surface area (Å²) in [6.07, 6.45) is 1.09. The van der Waals surface area contributed by atoms with Gasteiger partial charge in [0, 0.05) is 0 Å². The second-order valence-electron chi connectivity index (χ2n) is 3.35. The topological polar surface area (TPSA) is 46.5 Å². The highest BCUT2D eigenvalue weighted by atomic mass is 16.5. The third-order valence-corrected chi connectivity index (χ3v) is 1.99. The van der Waals surface area contributed by atoms with E-state index in [2.05, 4.69) is 0 Å². The third kappa shape index (κ3) is 1.93. The summed E-state index contributed by atoms with van der Waals surface area (Å²) in [5.41, 5.74) is -0.628. The summed E-state index contributed by atoms with van der Waals surface area (Å²) in [6.45, 7) is 3.95. The Hall–Kier alpha value is -0.570. The molecule has 1 saturated carbocycles. The monoisotopic (exact) mass is 158 g/mol. The molecule has 0 aromatic carbocycles. The van der Waals surface area contributed by atoms with Gasteiger partial charge in [-0.3, -0.25) is 4.79 Å². The lowest BCUT2D eigenvalue weighted by molar-refractivity contribution is -0.162. The van der Waals surface area contributed by atoms with E-state index in [9.17, 15) is 9.90 Å². The van der Waals surface area contributed by atoms with Gasteiger partial charge in [-0.2, -0.15) is 0 Å². The molecule has 0 spiro atoms. The highest BCUT2D eigenvalue weighted by molar-refractivity contribution is 5.73. The summed E-state index contributed by atoms with van der Waals surface area (Å²) in [4.78, 5) is 11.0. The van der Waals surface area contributed by atoms with Crippen LogP contribution < -0.4 is 0 Å². The van der Waals surface area contributed by atoms with Gasteiger partial charge in [0.25, 0.3) is 0 Å². The highest BCUT2D eigenvalue weighted by Crippen LogP contribution is 2.37. The average Bonchev–Trinajstić information content (AvgIpc) is 1.83. The predicted molar refractivity (Wildman–Crippen MR) is 40.0 cm³/mol.